The summed E-state index contributed by atoms with van der Waals surface area (Å²) in [7, 11) is 1.25. The molecule has 2 aliphatic heterocycles. The molecule has 1 saturated heterocycles. The maximum atomic E-state index is 12.7. The van der Waals surface area contributed by atoms with E-state index in [1.54, 1.807) is 17.0 Å². The van der Waals surface area contributed by atoms with Crippen molar-refractivity contribution in [2.75, 3.05) is 7.11 Å². The van der Waals surface area contributed by atoms with Crippen LogP contribution in [0.2, 0.25) is 0 Å². The fourth-order valence-corrected chi connectivity index (χ4v) is 4.61. The quantitative estimate of drug-likeness (QED) is 0.793. The summed E-state index contributed by atoms with van der Waals surface area (Å²) in [5.41, 5.74) is 5.09. The third-order valence-electron chi connectivity index (χ3n) is 5.04. The molecule has 7 nitrogen and oxygen atoms in total. The van der Waals surface area contributed by atoms with Crippen molar-refractivity contribution in [1.82, 2.24) is 4.90 Å². The third kappa shape index (κ3) is 2.35. The van der Waals surface area contributed by atoms with Gasteiger partial charge in [-0.2, -0.15) is 16.6 Å². The largest absolute Gasteiger partial charge is 0.465 e. The van der Waals surface area contributed by atoms with Crippen LogP contribution in [0.25, 0.3) is 0 Å². The molecule has 4 atom stereocenters. The lowest BCUT2D eigenvalue weighted by Gasteiger charge is -2.32. The molecule has 0 bridgehead atoms. The lowest BCUT2D eigenvalue weighted by atomic mass is 9.67. The van der Waals surface area contributed by atoms with E-state index in [0.717, 1.165) is 0 Å². The monoisotopic (exact) mass is 371 g/mol. The maximum Gasteiger partial charge on any atom is 0.339 e. The molecule has 134 valence electrons. The predicted octanol–water partition coefficient (Wildman–Crippen LogP) is 1.10. The normalized spacial score (nSPS) is 29.5. The number of fused-ring (bicyclic) bond motifs is 1. The Bertz CT molecular complexity index is 867. The number of primary amides is 1. The first-order valence-corrected chi connectivity index (χ1v) is 8.82. The van der Waals surface area contributed by atoms with Crippen LogP contribution in [0.4, 0.5) is 0 Å². The number of rotatable bonds is 4. The van der Waals surface area contributed by atoms with Crippen molar-refractivity contribution >= 4 is 29.0 Å². The average molecular weight is 371 g/mol. The van der Waals surface area contributed by atoms with Crippen LogP contribution in [0.5, 0.6) is 0 Å². The second-order valence-electron chi connectivity index (χ2n) is 6.25. The number of esters is 1. The van der Waals surface area contributed by atoms with Crippen LogP contribution >= 0.6 is 11.3 Å². The number of hydrogen-bond acceptors (Lipinski definition) is 7. The van der Waals surface area contributed by atoms with Gasteiger partial charge in [-0.15, -0.1) is 0 Å². The fourth-order valence-electron chi connectivity index (χ4n) is 3.91. The summed E-state index contributed by atoms with van der Waals surface area (Å²) in [5.74, 6) is -2.33. The lowest BCUT2D eigenvalue weighted by molar-refractivity contribution is -0.136. The van der Waals surface area contributed by atoms with Crippen molar-refractivity contribution in [3.05, 3.63) is 46.3 Å². The van der Waals surface area contributed by atoms with Crippen LogP contribution < -0.4 is 5.73 Å². The minimum Gasteiger partial charge on any atom is -0.465 e. The van der Waals surface area contributed by atoms with Crippen molar-refractivity contribution in [1.29, 1.82) is 5.26 Å². The molecule has 1 aromatic rings. The van der Waals surface area contributed by atoms with Crippen molar-refractivity contribution < 1.29 is 19.1 Å². The topological polar surface area (TPSA) is 113 Å². The van der Waals surface area contributed by atoms with Gasteiger partial charge >= 0.3 is 5.97 Å². The molecule has 0 saturated carbocycles. The number of carbonyl (C=O) groups excluding carboxylic acids is 3. The second kappa shape index (κ2) is 6.42. The summed E-state index contributed by atoms with van der Waals surface area (Å²) in [6.45, 7) is 1.34. The van der Waals surface area contributed by atoms with Crippen LogP contribution in [0.3, 0.4) is 0 Å². The molecule has 1 amide bonds. The highest BCUT2D eigenvalue weighted by molar-refractivity contribution is 7.08. The van der Waals surface area contributed by atoms with Gasteiger partial charge in [0.25, 0.3) is 0 Å². The minimum absolute atomic E-state index is 0.219. The highest BCUT2D eigenvalue weighted by Gasteiger charge is 2.64. The van der Waals surface area contributed by atoms with Crippen LogP contribution in [0.15, 0.2) is 40.8 Å². The van der Waals surface area contributed by atoms with E-state index in [1.165, 1.54) is 37.6 Å². The molecule has 0 aliphatic carbocycles. The number of nitrogens with two attached hydrogens (primary N) is 1. The number of hydrogen-bond donors (Lipinski definition) is 1. The number of carbonyl (C=O) groups is 3. The van der Waals surface area contributed by atoms with Gasteiger partial charge in [-0.1, -0.05) is 6.08 Å². The first kappa shape index (κ1) is 17.9. The Labute approximate surface area is 154 Å². The zero-order valence-electron chi connectivity index (χ0n) is 14.2. The van der Waals surface area contributed by atoms with E-state index < -0.39 is 35.3 Å². The van der Waals surface area contributed by atoms with Crippen molar-refractivity contribution in [3.63, 3.8) is 0 Å². The summed E-state index contributed by atoms with van der Waals surface area (Å²) < 4.78 is 4.73. The maximum absolute atomic E-state index is 12.7. The molecule has 26 heavy (non-hydrogen) atoms. The number of nitrogens with zero attached hydrogens (tertiary/aromatic N) is 2. The molecule has 1 aromatic heterocycles. The Morgan fingerprint density at radius 3 is 2.65 bits per heavy atom. The molecule has 1 fully saturated rings. The van der Waals surface area contributed by atoms with Crippen LogP contribution in [0.1, 0.15) is 18.4 Å². The van der Waals surface area contributed by atoms with Gasteiger partial charge in [0, 0.05) is 12.1 Å². The van der Waals surface area contributed by atoms with E-state index in [4.69, 9.17) is 10.5 Å². The molecule has 0 unspecified atom stereocenters. The van der Waals surface area contributed by atoms with E-state index in [-0.39, 0.29) is 11.4 Å². The molecule has 3 heterocycles. The Morgan fingerprint density at radius 2 is 2.15 bits per heavy atom. The third-order valence-corrected chi connectivity index (χ3v) is 5.75. The predicted molar refractivity (Wildman–Crippen MR) is 93.6 cm³/mol. The standard InChI is InChI=1S/C18H17N3O4S/c1-10(22)18(9-19)13-4-3-11(17(24)25-2)7-21(13)15(16(20)23)14(18)12-5-6-26-8-12/h3-8,13-15H,1-2H3,(H2,20,23)/t13-,14+,15+,18-/m1/s1. The molecule has 3 rings (SSSR count). The molecule has 8 heteroatoms. The zero-order chi connectivity index (χ0) is 19.1. The molecular formula is C18H17N3O4S. The van der Waals surface area contributed by atoms with E-state index in [0.29, 0.717) is 5.56 Å². The van der Waals surface area contributed by atoms with Crippen LogP contribution in [0, 0.1) is 16.7 Å². The van der Waals surface area contributed by atoms with Gasteiger partial charge in [-0.05, 0) is 35.4 Å². The molecule has 2 aliphatic rings. The molecular weight excluding hydrogens is 354 g/mol. The van der Waals surface area contributed by atoms with Gasteiger partial charge in [0.2, 0.25) is 5.91 Å². The molecule has 0 radical (unpaired) electrons. The summed E-state index contributed by atoms with van der Waals surface area (Å²) >= 11 is 1.41. The Hall–Kier alpha value is -2.92. The van der Waals surface area contributed by atoms with Crippen molar-refractivity contribution in [2.24, 2.45) is 11.1 Å². The van der Waals surface area contributed by atoms with Gasteiger partial charge < -0.3 is 15.4 Å². The number of Topliss-reactive ketones (excluding diaryl/α,β-unsaturated/α-hetero) is 1. The van der Waals surface area contributed by atoms with Crippen molar-refractivity contribution in [2.45, 2.75) is 24.9 Å². The van der Waals surface area contributed by atoms with E-state index in [1.807, 2.05) is 10.8 Å². The zero-order valence-corrected chi connectivity index (χ0v) is 15.0. The average Bonchev–Trinajstić information content (AvgIpc) is 3.24. The fraction of sp³-hybridized carbons (Fsp3) is 0.333. The molecule has 2 N–H and O–H groups in total. The Balaban J connectivity index is 2.24. The number of nitriles is 1. The van der Waals surface area contributed by atoms with Crippen molar-refractivity contribution in [3.8, 4) is 6.07 Å². The summed E-state index contributed by atoms with van der Waals surface area (Å²) in [6, 6.07) is 2.30. The number of ether oxygens (including phenoxy) is 1. The number of methoxy groups -OCH3 is 1. The van der Waals surface area contributed by atoms with Crippen LogP contribution in [-0.2, 0) is 19.1 Å². The van der Waals surface area contributed by atoms with Gasteiger partial charge in [0.1, 0.15) is 11.5 Å². The SMILES string of the molecule is COC(=O)C1=CN2[C@H](C(N)=O)[C@H](c3ccsc3)[C@](C#N)(C(C)=O)[C@H]2C=C1. The van der Waals surface area contributed by atoms with Gasteiger partial charge in [0.05, 0.1) is 24.8 Å². The smallest absolute Gasteiger partial charge is 0.339 e. The van der Waals surface area contributed by atoms with Crippen LogP contribution in [-0.4, -0.2) is 41.8 Å². The van der Waals surface area contributed by atoms with Gasteiger partial charge in [-0.3, -0.25) is 9.59 Å². The van der Waals surface area contributed by atoms with E-state index in [2.05, 4.69) is 6.07 Å². The highest BCUT2D eigenvalue weighted by atomic mass is 32.1. The summed E-state index contributed by atoms with van der Waals surface area (Å²) in [6.07, 6.45) is 4.56. The highest BCUT2D eigenvalue weighted by Crippen LogP contribution is 2.53. The summed E-state index contributed by atoms with van der Waals surface area (Å²) in [4.78, 5) is 38.4. The number of thiophene rings is 1. The first-order chi connectivity index (χ1) is 12.4. The molecule has 0 aromatic carbocycles. The molecule has 0 spiro atoms. The summed E-state index contributed by atoms with van der Waals surface area (Å²) in [5, 5.41) is 13.6. The Kier molecular flexibility index (Phi) is 4.42. The van der Waals surface area contributed by atoms with Gasteiger partial charge in [0.15, 0.2) is 5.78 Å². The Morgan fingerprint density at radius 1 is 1.42 bits per heavy atom. The van der Waals surface area contributed by atoms with Gasteiger partial charge in [-0.25, -0.2) is 4.79 Å². The number of ketones is 1. The van der Waals surface area contributed by atoms with E-state index >= 15 is 0 Å². The minimum atomic E-state index is -1.49. The first-order valence-electron chi connectivity index (χ1n) is 7.88. The second-order valence-corrected chi connectivity index (χ2v) is 7.03. The van der Waals surface area contributed by atoms with E-state index in [9.17, 15) is 19.6 Å². The lowest BCUT2D eigenvalue weighted by Crippen LogP contribution is -2.44. The number of amides is 1.